The quantitative estimate of drug-likeness (QED) is 0.698. The number of benzene rings is 1. The van der Waals surface area contributed by atoms with Crippen LogP contribution in [0.4, 0.5) is 4.79 Å². The summed E-state index contributed by atoms with van der Waals surface area (Å²) in [5, 5.41) is 14.8. The molecule has 0 saturated heterocycles. The molecule has 1 aromatic carbocycles. The summed E-state index contributed by atoms with van der Waals surface area (Å²) >= 11 is 1.71. The minimum atomic E-state index is -0.722. The minimum absolute atomic E-state index is 0.0893. The van der Waals surface area contributed by atoms with Crippen LogP contribution in [0.1, 0.15) is 31.2 Å². The summed E-state index contributed by atoms with van der Waals surface area (Å²) < 4.78 is 0. The van der Waals surface area contributed by atoms with Gasteiger partial charge in [-0.05, 0) is 56.1 Å². The number of aliphatic carboxylic acids is 1. The zero-order valence-corrected chi connectivity index (χ0v) is 14.2. The highest BCUT2D eigenvalue weighted by Crippen LogP contribution is 2.24. The van der Waals surface area contributed by atoms with Gasteiger partial charge in [-0.2, -0.15) is 0 Å². The number of carboxylic acids is 1. The summed E-state index contributed by atoms with van der Waals surface area (Å²) in [5.74, 6) is -0.972. The van der Waals surface area contributed by atoms with E-state index in [4.69, 9.17) is 5.11 Å². The molecule has 1 aliphatic carbocycles. The molecule has 0 radical (unpaired) electrons. The summed E-state index contributed by atoms with van der Waals surface area (Å²) in [6.45, 7) is 0.592. The Balaban J connectivity index is 1.64. The molecule has 0 aromatic heterocycles. The number of carbonyl (C=O) groups excluding carboxylic acids is 1. The lowest BCUT2D eigenvalue weighted by Crippen LogP contribution is -2.44. The molecule has 0 heterocycles. The third-order valence-electron chi connectivity index (χ3n) is 4.27. The van der Waals surface area contributed by atoms with Gasteiger partial charge in [-0.1, -0.05) is 12.1 Å². The van der Waals surface area contributed by atoms with Crippen LogP contribution in [0.3, 0.4) is 0 Å². The van der Waals surface area contributed by atoms with Crippen LogP contribution >= 0.6 is 11.8 Å². The molecule has 0 spiro atoms. The van der Waals surface area contributed by atoms with Gasteiger partial charge < -0.3 is 15.7 Å². The van der Waals surface area contributed by atoms with Crippen LogP contribution in [0, 0.1) is 5.92 Å². The first-order valence-corrected chi connectivity index (χ1v) is 9.21. The van der Waals surface area contributed by atoms with Crippen molar-refractivity contribution in [3.05, 3.63) is 29.8 Å². The van der Waals surface area contributed by atoms with Crippen LogP contribution < -0.4 is 10.6 Å². The maximum Gasteiger partial charge on any atom is 0.315 e. The molecular formula is C17H24N2O3S. The largest absolute Gasteiger partial charge is 0.481 e. The molecule has 0 bridgehead atoms. The Kier molecular flexibility index (Phi) is 6.77. The topological polar surface area (TPSA) is 78.4 Å². The van der Waals surface area contributed by atoms with Gasteiger partial charge in [0.2, 0.25) is 0 Å². The van der Waals surface area contributed by atoms with E-state index >= 15 is 0 Å². The molecule has 1 aromatic rings. The SMILES string of the molecule is CSc1ccc(CCNC(=O)NC2CCC(C(=O)O)CC2)cc1. The molecule has 2 amide bonds. The molecule has 5 nitrogen and oxygen atoms in total. The van der Waals surface area contributed by atoms with E-state index < -0.39 is 5.97 Å². The van der Waals surface area contributed by atoms with Crippen molar-refractivity contribution in [2.45, 2.75) is 43.0 Å². The Morgan fingerprint density at radius 1 is 1.17 bits per heavy atom. The van der Waals surface area contributed by atoms with Crippen molar-refractivity contribution in [2.24, 2.45) is 5.92 Å². The van der Waals surface area contributed by atoms with Gasteiger partial charge >= 0.3 is 12.0 Å². The highest BCUT2D eigenvalue weighted by Gasteiger charge is 2.26. The van der Waals surface area contributed by atoms with E-state index in [1.54, 1.807) is 11.8 Å². The van der Waals surface area contributed by atoms with Gasteiger partial charge in [0.25, 0.3) is 0 Å². The van der Waals surface area contributed by atoms with E-state index in [1.807, 2.05) is 6.26 Å². The maximum atomic E-state index is 11.9. The number of thioether (sulfide) groups is 1. The molecule has 126 valence electrons. The summed E-state index contributed by atoms with van der Waals surface area (Å²) in [5.41, 5.74) is 1.20. The second-order valence-electron chi connectivity index (χ2n) is 5.89. The molecule has 23 heavy (non-hydrogen) atoms. The number of urea groups is 1. The first-order valence-electron chi connectivity index (χ1n) is 7.98. The average molecular weight is 336 g/mol. The molecule has 0 aliphatic heterocycles. The second kappa shape index (κ2) is 8.82. The van der Waals surface area contributed by atoms with Crippen molar-refractivity contribution in [3.63, 3.8) is 0 Å². The molecule has 0 unspecified atom stereocenters. The average Bonchev–Trinajstić information content (AvgIpc) is 2.56. The number of hydrogen-bond acceptors (Lipinski definition) is 3. The molecule has 3 N–H and O–H groups in total. The van der Waals surface area contributed by atoms with Gasteiger partial charge in [0, 0.05) is 17.5 Å². The van der Waals surface area contributed by atoms with Crippen LogP contribution in [-0.2, 0) is 11.2 Å². The van der Waals surface area contributed by atoms with Crippen molar-refractivity contribution in [1.29, 1.82) is 0 Å². The van der Waals surface area contributed by atoms with Gasteiger partial charge in [0.05, 0.1) is 5.92 Å². The number of hydrogen-bond donors (Lipinski definition) is 3. The Morgan fingerprint density at radius 3 is 2.39 bits per heavy atom. The number of rotatable bonds is 6. The third-order valence-corrected chi connectivity index (χ3v) is 5.01. The van der Waals surface area contributed by atoms with E-state index in [0.29, 0.717) is 19.4 Å². The van der Waals surface area contributed by atoms with Gasteiger partial charge in [0.15, 0.2) is 0 Å². The van der Waals surface area contributed by atoms with Crippen LogP contribution in [0.25, 0.3) is 0 Å². The lowest BCUT2D eigenvalue weighted by Gasteiger charge is -2.26. The number of amides is 2. The normalized spacial score (nSPS) is 20.7. The van der Waals surface area contributed by atoms with E-state index in [-0.39, 0.29) is 18.0 Å². The molecular weight excluding hydrogens is 312 g/mol. The highest BCUT2D eigenvalue weighted by molar-refractivity contribution is 7.98. The third kappa shape index (κ3) is 5.78. The van der Waals surface area contributed by atoms with E-state index in [1.165, 1.54) is 10.5 Å². The maximum absolute atomic E-state index is 11.9. The van der Waals surface area contributed by atoms with E-state index in [9.17, 15) is 9.59 Å². The summed E-state index contributed by atoms with van der Waals surface area (Å²) in [4.78, 5) is 24.0. The summed E-state index contributed by atoms with van der Waals surface area (Å²) in [6, 6.07) is 8.26. The lowest BCUT2D eigenvalue weighted by molar-refractivity contribution is -0.142. The predicted molar refractivity (Wildman–Crippen MR) is 91.8 cm³/mol. The molecule has 6 heteroatoms. The first-order chi connectivity index (χ1) is 11.1. The fraction of sp³-hybridized carbons (Fsp3) is 0.529. The monoisotopic (exact) mass is 336 g/mol. The van der Waals surface area contributed by atoms with Crippen LogP contribution in [0.2, 0.25) is 0 Å². The van der Waals surface area contributed by atoms with Gasteiger partial charge in [-0.3, -0.25) is 4.79 Å². The first kappa shape index (κ1) is 17.7. The van der Waals surface area contributed by atoms with Crippen molar-refractivity contribution in [3.8, 4) is 0 Å². The van der Waals surface area contributed by atoms with Crippen molar-refractivity contribution in [1.82, 2.24) is 10.6 Å². The van der Waals surface area contributed by atoms with Crippen molar-refractivity contribution in [2.75, 3.05) is 12.8 Å². The Hall–Kier alpha value is -1.69. The van der Waals surface area contributed by atoms with Gasteiger partial charge in [0.1, 0.15) is 0 Å². The molecule has 1 aliphatic rings. The van der Waals surface area contributed by atoms with Crippen LogP contribution in [0.15, 0.2) is 29.2 Å². The Morgan fingerprint density at radius 2 is 1.83 bits per heavy atom. The molecule has 0 atom stereocenters. The van der Waals surface area contributed by atoms with E-state index in [0.717, 1.165) is 19.3 Å². The van der Waals surface area contributed by atoms with Gasteiger partial charge in [-0.15, -0.1) is 11.8 Å². The fourth-order valence-corrected chi connectivity index (χ4v) is 3.24. The molecule has 2 rings (SSSR count). The summed E-state index contributed by atoms with van der Waals surface area (Å²) in [6.07, 6.45) is 5.60. The van der Waals surface area contributed by atoms with Crippen molar-refractivity contribution >= 4 is 23.8 Å². The van der Waals surface area contributed by atoms with Crippen LogP contribution in [-0.4, -0.2) is 35.9 Å². The molecule has 1 saturated carbocycles. The summed E-state index contributed by atoms with van der Waals surface area (Å²) in [7, 11) is 0. The molecule has 1 fully saturated rings. The van der Waals surface area contributed by atoms with Crippen molar-refractivity contribution < 1.29 is 14.7 Å². The minimum Gasteiger partial charge on any atom is -0.481 e. The van der Waals surface area contributed by atoms with E-state index in [2.05, 4.69) is 34.9 Å². The second-order valence-corrected chi connectivity index (χ2v) is 6.76. The number of carbonyl (C=O) groups is 2. The zero-order chi connectivity index (χ0) is 16.7. The predicted octanol–water partition coefficient (Wildman–Crippen LogP) is 2.89. The fourth-order valence-electron chi connectivity index (χ4n) is 2.83. The standard InChI is InChI=1S/C17H24N2O3S/c1-23-15-8-2-12(3-9-15)10-11-18-17(22)19-14-6-4-13(5-7-14)16(20)21/h2-3,8-9,13-14H,4-7,10-11H2,1H3,(H,20,21)(H2,18,19,22). The Bertz CT molecular complexity index is 525. The number of nitrogens with one attached hydrogen (secondary N) is 2. The number of carboxylic acid groups (broad SMARTS) is 1. The highest BCUT2D eigenvalue weighted by atomic mass is 32.2. The Labute approximate surface area is 141 Å². The van der Waals surface area contributed by atoms with Gasteiger partial charge in [-0.25, -0.2) is 4.79 Å². The smallest absolute Gasteiger partial charge is 0.315 e. The zero-order valence-electron chi connectivity index (χ0n) is 13.4. The van der Waals surface area contributed by atoms with Crippen LogP contribution in [0.5, 0.6) is 0 Å². The lowest BCUT2D eigenvalue weighted by atomic mass is 9.86.